The largest absolute Gasteiger partial charge is 0.315 e. The highest BCUT2D eigenvalue weighted by Gasteiger charge is 2.11. The van der Waals surface area contributed by atoms with Gasteiger partial charge in [-0.2, -0.15) is 0 Å². The highest BCUT2D eigenvalue weighted by atomic mass is 32.1. The zero-order chi connectivity index (χ0) is 13.1. The van der Waals surface area contributed by atoms with Gasteiger partial charge < -0.3 is 5.32 Å². The first-order chi connectivity index (χ1) is 8.65. The monoisotopic (exact) mass is 264 g/mol. The lowest BCUT2D eigenvalue weighted by molar-refractivity contribution is 0.619. The molecule has 0 saturated heterocycles. The second-order valence-corrected chi connectivity index (χ2v) is 5.32. The van der Waals surface area contributed by atoms with E-state index in [2.05, 4.69) is 17.2 Å². The van der Waals surface area contributed by atoms with E-state index in [4.69, 9.17) is 0 Å². The summed E-state index contributed by atoms with van der Waals surface area (Å²) in [7, 11) is 1.93. The minimum absolute atomic E-state index is 0.165. The Morgan fingerprint density at radius 1 is 1.39 bits per heavy atom. The molecule has 1 N–H and O–H groups in total. The lowest BCUT2D eigenvalue weighted by Crippen LogP contribution is -2.05. The minimum atomic E-state index is -0.165. The molecule has 4 heteroatoms. The Kier molecular flexibility index (Phi) is 4.09. The highest BCUT2D eigenvalue weighted by molar-refractivity contribution is 7.15. The van der Waals surface area contributed by atoms with Crippen LogP contribution in [0, 0.1) is 12.7 Å². The first-order valence-electron chi connectivity index (χ1n) is 6.05. The summed E-state index contributed by atoms with van der Waals surface area (Å²) < 4.78 is 13.3. The molecule has 0 aliphatic carbocycles. The number of rotatable bonds is 4. The number of benzene rings is 1. The van der Waals surface area contributed by atoms with E-state index in [0.717, 1.165) is 29.2 Å². The van der Waals surface area contributed by atoms with Crippen LogP contribution in [-0.2, 0) is 13.0 Å². The molecule has 0 aliphatic rings. The fourth-order valence-corrected chi connectivity index (χ4v) is 3.02. The van der Waals surface area contributed by atoms with Crippen LogP contribution in [-0.4, -0.2) is 12.0 Å². The maximum absolute atomic E-state index is 13.3. The van der Waals surface area contributed by atoms with Crippen molar-refractivity contribution in [3.8, 4) is 10.6 Å². The first kappa shape index (κ1) is 13.2. The highest BCUT2D eigenvalue weighted by Crippen LogP contribution is 2.29. The number of aryl methyl sites for hydroxylation is 2. The summed E-state index contributed by atoms with van der Waals surface area (Å²) in [5, 5.41) is 4.13. The van der Waals surface area contributed by atoms with Gasteiger partial charge in [0.2, 0.25) is 0 Å². The molecule has 2 rings (SSSR count). The molecular weight excluding hydrogens is 247 g/mol. The molecule has 1 aromatic carbocycles. The average molecular weight is 264 g/mol. The van der Waals surface area contributed by atoms with E-state index in [0.29, 0.717) is 5.56 Å². The lowest BCUT2D eigenvalue weighted by atomic mass is 10.1. The Balaban J connectivity index is 2.40. The van der Waals surface area contributed by atoms with E-state index >= 15 is 0 Å². The summed E-state index contributed by atoms with van der Waals surface area (Å²) in [4.78, 5) is 5.91. The van der Waals surface area contributed by atoms with Crippen molar-refractivity contribution in [1.82, 2.24) is 10.3 Å². The Morgan fingerprint density at radius 3 is 2.78 bits per heavy atom. The minimum Gasteiger partial charge on any atom is -0.315 e. The molecule has 0 atom stereocenters. The van der Waals surface area contributed by atoms with Gasteiger partial charge >= 0.3 is 0 Å². The van der Waals surface area contributed by atoms with Crippen LogP contribution in [0.15, 0.2) is 18.2 Å². The summed E-state index contributed by atoms with van der Waals surface area (Å²) in [5.74, 6) is -0.165. The van der Waals surface area contributed by atoms with Crippen LogP contribution in [0.2, 0.25) is 0 Å². The third-order valence-corrected chi connectivity index (χ3v) is 4.00. The maximum atomic E-state index is 13.3. The maximum Gasteiger partial charge on any atom is 0.126 e. The molecular formula is C14H17FN2S. The number of halogens is 1. The molecule has 2 nitrogen and oxygen atoms in total. The number of nitrogens with one attached hydrogen (secondary N) is 1. The number of hydrogen-bond acceptors (Lipinski definition) is 3. The van der Waals surface area contributed by atoms with Gasteiger partial charge in [-0.05, 0) is 44.2 Å². The predicted octanol–water partition coefficient (Wildman–Crippen LogP) is 3.54. The fourth-order valence-electron chi connectivity index (χ4n) is 1.86. The molecule has 1 aromatic heterocycles. The number of thiazole rings is 1. The molecule has 0 spiro atoms. The summed E-state index contributed by atoms with van der Waals surface area (Å²) in [6.07, 6.45) is 0.924. The van der Waals surface area contributed by atoms with Crippen LogP contribution < -0.4 is 5.32 Å². The van der Waals surface area contributed by atoms with Crippen molar-refractivity contribution >= 4 is 11.3 Å². The van der Waals surface area contributed by atoms with Gasteiger partial charge in [0, 0.05) is 17.0 Å². The van der Waals surface area contributed by atoms with Crippen molar-refractivity contribution in [1.29, 1.82) is 0 Å². The average Bonchev–Trinajstić information content (AvgIpc) is 2.76. The summed E-state index contributed by atoms with van der Waals surface area (Å²) in [6, 6.07) is 5.16. The molecule has 0 amide bonds. The van der Waals surface area contributed by atoms with Crippen LogP contribution >= 0.6 is 11.3 Å². The molecule has 96 valence electrons. The SMILES string of the molecule is CCc1nc(-c2ccc(F)c(C)c2)sc1CNC. The second-order valence-electron chi connectivity index (χ2n) is 4.24. The van der Waals surface area contributed by atoms with Crippen LogP contribution in [0.4, 0.5) is 4.39 Å². The van der Waals surface area contributed by atoms with Gasteiger partial charge in [-0.3, -0.25) is 0 Å². The smallest absolute Gasteiger partial charge is 0.126 e. The zero-order valence-corrected chi connectivity index (χ0v) is 11.7. The van der Waals surface area contributed by atoms with Crippen molar-refractivity contribution in [3.05, 3.63) is 40.2 Å². The molecule has 0 unspecified atom stereocenters. The third kappa shape index (κ3) is 2.60. The zero-order valence-electron chi connectivity index (χ0n) is 10.9. The van der Waals surface area contributed by atoms with Crippen molar-refractivity contribution in [2.24, 2.45) is 0 Å². The molecule has 0 saturated carbocycles. The van der Waals surface area contributed by atoms with E-state index < -0.39 is 0 Å². The molecule has 2 aromatic rings. The van der Waals surface area contributed by atoms with Gasteiger partial charge in [-0.15, -0.1) is 11.3 Å². The van der Waals surface area contributed by atoms with E-state index in [9.17, 15) is 4.39 Å². The molecule has 18 heavy (non-hydrogen) atoms. The third-order valence-electron chi connectivity index (χ3n) is 2.86. The van der Waals surface area contributed by atoms with Crippen LogP contribution in [0.25, 0.3) is 10.6 Å². The summed E-state index contributed by atoms with van der Waals surface area (Å²) in [5.41, 5.74) is 2.79. The van der Waals surface area contributed by atoms with Crippen molar-refractivity contribution < 1.29 is 4.39 Å². The second kappa shape index (κ2) is 5.59. The van der Waals surface area contributed by atoms with Gasteiger partial charge in [0.25, 0.3) is 0 Å². The fraction of sp³-hybridized carbons (Fsp3) is 0.357. The Labute approximate surface area is 111 Å². The van der Waals surface area contributed by atoms with Crippen molar-refractivity contribution in [2.75, 3.05) is 7.05 Å². The van der Waals surface area contributed by atoms with Gasteiger partial charge in [0.1, 0.15) is 10.8 Å². The van der Waals surface area contributed by atoms with Crippen molar-refractivity contribution in [2.45, 2.75) is 26.8 Å². The lowest BCUT2D eigenvalue weighted by Gasteiger charge is -1.99. The normalized spacial score (nSPS) is 10.9. The summed E-state index contributed by atoms with van der Waals surface area (Å²) >= 11 is 1.68. The standard InChI is InChI=1S/C14H17FN2S/c1-4-12-13(8-16-3)18-14(17-12)10-5-6-11(15)9(2)7-10/h5-7,16H,4,8H2,1-3H3. The van der Waals surface area contributed by atoms with Gasteiger partial charge in [-0.25, -0.2) is 9.37 Å². The first-order valence-corrected chi connectivity index (χ1v) is 6.87. The number of aromatic nitrogens is 1. The summed E-state index contributed by atoms with van der Waals surface area (Å²) in [6.45, 7) is 4.72. The van der Waals surface area contributed by atoms with Crippen LogP contribution in [0.3, 0.4) is 0 Å². The van der Waals surface area contributed by atoms with E-state index in [1.54, 1.807) is 24.3 Å². The van der Waals surface area contributed by atoms with Crippen LogP contribution in [0.5, 0.6) is 0 Å². The molecule has 0 aliphatic heterocycles. The van der Waals surface area contributed by atoms with E-state index in [1.807, 2.05) is 13.1 Å². The Hall–Kier alpha value is -1.26. The van der Waals surface area contributed by atoms with Crippen LogP contribution in [0.1, 0.15) is 23.1 Å². The van der Waals surface area contributed by atoms with Crippen molar-refractivity contribution in [3.63, 3.8) is 0 Å². The molecule has 0 radical (unpaired) electrons. The Morgan fingerprint density at radius 2 is 2.17 bits per heavy atom. The predicted molar refractivity (Wildman–Crippen MR) is 74.4 cm³/mol. The molecule has 0 fully saturated rings. The van der Waals surface area contributed by atoms with E-state index in [-0.39, 0.29) is 5.82 Å². The number of hydrogen-bond donors (Lipinski definition) is 1. The molecule has 0 bridgehead atoms. The molecule has 1 heterocycles. The van der Waals surface area contributed by atoms with Gasteiger partial charge in [0.15, 0.2) is 0 Å². The number of nitrogens with zero attached hydrogens (tertiary/aromatic N) is 1. The van der Waals surface area contributed by atoms with Gasteiger partial charge in [-0.1, -0.05) is 6.92 Å². The Bertz CT molecular complexity index is 549. The topological polar surface area (TPSA) is 24.9 Å². The van der Waals surface area contributed by atoms with Gasteiger partial charge in [0.05, 0.1) is 5.69 Å². The van der Waals surface area contributed by atoms with E-state index in [1.165, 1.54) is 10.9 Å². The quantitative estimate of drug-likeness (QED) is 0.913.